The van der Waals surface area contributed by atoms with Crippen LogP contribution in [0.4, 0.5) is 5.69 Å². The molecule has 3 aromatic rings. The van der Waals surface area contributed by atoms with Gasteiger partial charge in [0.2, 0.25) is 11.8 Å². The minimum Gasteiger partial charge on any atom is -0.357 e. The van der Waals surface area contributed by atoms with Crippen LogP contribution in [-0.4, -0.2) is 44.8 Å². The Morgan fingerprint density at radius 3 is 2.00 bits per heavy atom. The molecule has 0 aliphatic heterocycles. The number of hydrogen-bond acceptors (Lipinski definition) is 4. The highest BCUT2D eigenvalue weighted by Gasteiger charge is 2.32. The minimum atomic E-state index is -4.06. The molecule has 3 aromatic carbocycles. The van der Waals surface area contributed by atoms with Gasteiger partial charge in [0.1, 0.15) is 12.6 Å². The number of carbonyl (C=O) groups is 2. The molecule has 36 heavy (non-hydrogen) atoms. The number of aryl methyl sites for hydroxylation is 3. The average Bonchev–Trinajstić information content (AvgIpc) is 2.85. The molecule has 7 nitrogen and oxygen atoms in total. The predicted octanol–water partition coefficient (Wildman–Crippen LogP) is 3.97. The van der Waals surface area contributed by atoms with Crippen molar-refractivity contribution in [3.05, 3.63) is 95.1 Å². The highest BCUT2D eigenvalue weighted by atomic mass is 32.2. The molecule has 0 saturated heterocycles. The van der Waals surface area contributed by atoms with Crippen LogP contribution < -0.4 is 9.62 Å². The van der Waals surface area contributed by atoms with E-state index in [-0.39, 0.29) is 17.3 Å². The van der Waals surface area contributed by atoms with Gasteiger partial charge in [-0.3, -0.25) is 13.9 Å². The van der Waals surface area contributed by atoms with E-state index in [9.17, 15) is 18.0 Å². The van der Waals surface area contributed by atoms with Crippen molar-refractivity contribution in [3.8, 4) is 0 Å². The molecular formula is C28H33N3O4S. The molecule has 8 heteroatoms. The van der Waals surface area contributed by atoms with E-state index in [1.807, 2.05) is 45.0 Å². The van der Waals surface area contributed by atoms with Crippen molar-refractivity contribution in [2.75, 3.05) is 17.9 Å². The van der Waals surface area contributed by atoms with E-state index >= 15 is 0 Å². The summed E-state index contributed by atoms with van der Waals surface area (Å²) in [5.74, 6) is -0.817. The van der Waals surface area contributed by atoms with Crippen molar-refractivity contribution in [2.45, 2.75) is 45.2 Å². The third kappa shape index (κ3) is 6.31. The molecule has 0 bridgehead atoms. The fraction of sp³-hybridized carbons (Fsp3) is 0.286. The van der Waals surface area contributed by atoms with E-state index in [4.69, 9.17) is 0 Å². The van der Waals surface area contributed by atoms with E-state index in [1.54, 1.807) is 43.3 Å². The van der Waals surface area contributed by atoms with Crippen LogP contribution in [0.3, 0.4) is 0 Å². The number of rotatable bonds is 9. The van der Waals surface area contributed by atoms with Crippen LogP contribution in [-0.2, 0) is 26.2 Å². The molecule has 0 unspecified atom stereocenters. The number of nitrogens with zero attached hydrogens (tertiary/aromatic N) is 2. The van der Waals surface area contributed by atoms with Gasteiger partial charge in [0.05, 0.1) is 10.6 Å². The lowest BCUT2D eigenvalue weighted by atomic mass is 10.1. The summed E-state index contributed by atoms with van der Waals surface area (Å²) in [6, 6.07) is 20.3. The van der Waals surface area contributed by atoms with Gasteiger partial charge in [-0.1, -0.05) is 65.2 Å². The Morgan fingerprint density at radius 2 is 1.44 bits per heavy atom. The summed E-state index contributed by atoms with van der Waals surface area (Å²) >= 11 is 0. The van der Waals surface area contributed by atoms with Gasteiger partial charge in [0.25, 0.3) is 10.0 Å². The van der Waals surface area contributed by atoms with E-state index in [2.05, 4.69) is 5.32 Å². The fourth-order valence-corrected chi connectivity index (χ4v) is 5.29. The summed E-state index contributed by atoms with van der Waals surface area (Å²) in [6.45, 7) is 7.08. The van der Waals surface area contributed by atoms with Crippen molar-refractivity contribution in [1.82, 2.24) is 10.2 Å². The monoisotopic (exact) mass is 507 g/mol. The van der Waals surface area contributed by atoms with Gasteiger partial charge in [-0.05, 0) is 57.5 Å². The van der Waals surface area contributed by atoms with Crippen molar-refractivity contribution in [1.29, 1.82) is 0 Å². The van der Waals surface area contributed by atoms with Gasteiger partial charge >= 0.3 is 0 Å². The molecule has 3 rings (SSSR count). The van der Waals surface area contributed by atoms with Crippen LogP contribution in [0.25, 0.3) is 0 Å². The molecule has 190 valence electrons. The number of sulfonamides is 1. The first-order valence-electron chi connectivity index (χ1n) is 11.8. The number of carbonyl (C=O) groups excluding carboxylic acids is 2. The van der Waals surface area contributed by atoms with Crippen LogP contribution >= 0.6 is 0 Å². The lowest BCUT2D eigenvalue weighted by Crippen LogP contribution is -2.50. The first-order valence-corrected chi connectivity index (χ1v) is 13.2. The van der Waals surface area contributed by atoms with Crippen molar-refractivity contribution < 1.29 is 18.0 Å². The maximum atomic E-state index is 13.7. The van der Waals surface area contributed by atoms with Crippen LogP contribution in [0.2, 0.25) is 0 Å². The summed E-state index contributed by atoms with van der Waals surface area (Å²) in [5.41, 5.74) is 4.14. The van der Waals surface area contributed by atoms with Crippen molar-refractivity contribution in [3.63, 3.8) is 0 Å². The standard InChI is InChI=1S/C28H33N3O4S/c1-20-9-13-25(14-10-20)31(36(34,35)26-15-11-21(2)12-16-26)19-27(32)30(23(4)28(33)29-5)18-24-8-6-7-22(3)17-24/h6-17,23H,18-19H2,1-5H3,(H,29,33)/t23-/m0/s1. The van der Waals surface area contributed by atoms with Crippen molar-refractivity contribution in [2.24, 2.45) is 0 Å². The van der Waals surface area contributed by atoms with Crippen LogP contribution in [0.1, 0.15) is 29.2 Å². The Morgan fingerprint density at radius 1 is 0.861 bits per heavy atom. The number of hydrogen-bond donors (Lipinski definition) is 1. The molecule has 0 spiro atoms. The van der Waals surface area contributed by atoms with Crippen LogP contribution in [0.5, 0.6) is 0 Å². The second-order valence-corrected chi connectivity index (χ2v) is 10.8. The number of nitrogens with one attached hydrogen (secondary N) is 1. The maximum absolute atomic E-state index is 13.7. The Kier molecular flexibility index (Phi) is 8.53. The molecule has 0 saturated carbocycles. The topological polar surface area (TPSA) is 86.8 Å². The number of benzene rings is 3. The molecule has 2 amide bonds. The Hall–Kier alpha value is -3.65. The second-order valence-electron chi connectivity index (χ2n) is 8.96. The Bertz CT molecular complexity index is 1320. The van der Waals surface area contributed by atoms with E-state index < -0.39 is 28.5 Å². The maximum Gasteiger partial charge on any atom is 0.264 e. The second kappa shape index (κ2) is 11.4. The number of amides is 2. The molecular weight excluding hydrogens is 474 g/mol. The number of anilines is 1. The molecule has 1 N–H and O–H groups in total. The van der Waals surface area contributed by atoms with Gasteiger partial charge in [0.15, 0.2) is 0 Å². The smallest absolute Gasteiger partial charge is 0.264 e. The molecule has 0 radical (unpaired) electrons. The van der Waals surface area contributed by atoms with Crippen LogP contribution in [0.15, 0.2) is 77.7 Å². The zero-order chi connectivity index (χ0) is 26.5. The lowest BCUT2D eigenvalue weighted by molar-refractivity contribution is -0.139. The molecule has 1 atom stereocenters. The zero-order valence-corrected chi connectivity index (χ0v) is 22.2. The van der Waals surface area contributed by atoms with E-state index in [0.29, 0.717) is 5.69 Å². The lowest BCUT2D eigenvalue weighted by Gasteiger charge is -2.32. The minimum absolute atomic E-state index is 0.0889. The van der Waals surface area contributed by atoms with E-state index in [1.165, 1.54) is 24.1 Å². The molecule has 0 aliphatic rings. The zero-order valence-electron chi connectivity index (χ0n) is 21.4. The summed E-state index contributed by atoms with van der Waals surface area (Å²) in [4.78, 5) is 27.7. The normalized spacial score (nSPS) is 12.0. The Labute approximate surface area is 213 Å². The third-order valence-electron chi connectivity index (χ3n) is 6.06. The highest BCUT2D eigenvalue weighted by molar-refractivity contribution is 7.92. The third-order valence-corrected chi connectivity index (χ3v) is 7.85. The van der Waals surface area contributed by atoms with Gasteiger partial charge in [-0.2, -0.15) is 0 Å². The summed E-state index contributed by atoms with van der Waals surface area (Å²) < 4.78 is 28.6. The van der Waals surface area contributed by atoms with Gasteiger partial charge < -0.3 is 10.2 Å². The van der Waals surface area contributed by atoms with Crippen molar-refractivity contribution >= 4 is 27.5 Å². The first-order chi connectivity index (χ1) is 17.0. The fourth-order valence-electron chi connectivity index (χ4n) is 3.88. The van der Waals surface area contributed by atoms with Gasteiger partial charge in [-0.15, -0.1) is 0 Å². The highest BCUT2D eigenvalue weighted by Crippen LogP contribution is 2.25. The SMILES string of the molecule is CNC(=O)[C@H](C)N(Cc1cccc(C)c1)C(=O)CN(c1ccc(C)cc1)S(=O)(=O)c1ccc(C)cc1. The van der Waals surface area contributed by atoms with Crippen LogP contribution in [0, 0.1) is 20.8 Å². The molecule has 0 heterocycles. The van der Waals surface area contributed by atoms with E-state index in [0.717, 1.165) is 26.6 Å². The largest absolute Gasteiger partial charge is 0.357 e. The molecule has 0 aliphatic carbocycles. The molecule has 0 aromatic heterocycles. The number of likely N-dealkylation sites (N-methyl/N-ethyl adjacent to an activating group) is 1. The quantitative estimate of drug-likeness (QED) is 0.475. The predicted molar refractivity (Wildman–Crippen MR) is 142 cm³/mol. The molecule has 0 fully saturated rings. The first kappa shape index (κ1) is 26.9. The summed E-state index contributed by atoms with van der Waals surface area (Å²) in [7, 11) is -2.55. The average molecular weight is 508 g/mol. The Balaban J connectivity index is 2.02. The summed E-state index contributed by atoms with van der Waals surface area (Å²) in [5, 5.41) is 2.59. The van der Waals surface area contributed by atoms with Gasteiger partial charge in [-0.25, -0.2) is 8.42 Å². The summed E-state index contributed by atoms with van der Waals surface area (Å²) in [6.07, 6.45) is 0. The van der Waals surface area contributed by atoms with Gasteiger partial charge in [0, 0.05) is 13.6 Å².